The molecule has 1 saturated heterocycles. The number of pyridine rings is 1. The topological polar surface area (TPSA) is 112 Å². The zero-order chi connectivity index (χ0) is 22.3. The van der Waals surface area contributed by atoms with Crippen molar-refractivity contribution >= 4 is 17.5 Å². The third kappa shape index (κ3) is 4.55. The van der Waals surface area contributed by atoms with E-state index in [0.717, 1.165) is 11.1 Å². The first kappa shape index (κ1) is 21.3. The largest absolute Gasteiger partial charge is 0.420 e. The van der Waals surface area contributed by atoms with Crippen LogP contribution in [0.1, 0.15) is 70.8 Å². The third-order valence-electron chi connectivity index (χ3n) is 5.41. The lowest BCUT2D eigenvalue weighted by Gasteiger charge is -2.15. The van der Waals surface area contributed by atoms with Crippen LogP contribution in [0.4, 0.5) is 18.9 Å². The van der Waals surface area contributed by atoms with E-state index in [9.17, 15) is 22.8 Å². The van der Waals surface area contributed by atoms with Gasteiger partial charge in [0.05, 0.1) is 24.4 Å². The maximum absolute atomic E-state index is 14.0. The van der Waals surface area contributed by atoms with Crippen LogP contribution in [-0.4, -0.2) is 38.8 Å². The highest BCUT2D eigenvalue weighted by molar-refractivity contribution is 6.05. The maximum atomic E-state index is 14.0. The van der Waals surface area contributed by atoms with Gasteiger partial charge in [-0.1, -0.05) is 0 Å². The fraction of sp³-hybridized carbons (Fsp3) is 0.500. The first-order chi connectivity index (χ1) is 14.6. The second kappa shape index (κ2) is 7.95. The van der Waals surface area contributed by atoms with Gasteiger partial charge in [0.15, 0.2) is 0 Å². The van der Waals surface area contributed by atoms with Gasteiger partial charge in [-0.3, -0.25) is 19.3 Å². The van der Waals surface area contributed by atoms with Gasteiger partial charge in [-0.2, -0.15) is 18.3 Å². The van der Waals surface area contributed by atoms with Gasteiger partial charge in [-0.15, -0.1) is 0 Å². The summed E-state index contributed by atoms with van der Waals surface area (Å²) >= 11 is 0. The summed E-state index contributed by atoms with van der Waals surface area (Å²) in [6, 6.07) is 2.57. The second-order valence-electron chi connectivity index (χ2n) is 7.96. The van der Waals surface area contributed by atoms with Crippen molar-refractivity contribution in [3.8, 4) is 0 Å². The molecule has 31 heavy (non-hydrogen) atoms. The minimum absolute atomic E-state index is 0.00636. The van der Waals surface area contributed by atoms with Crippen molar-refractivity contribution in [1.82, 2.24) is 14.8 Å². The molecule has 0 bridgehead atoms. The Morgan fingerprint density at radius 3 is 2.61 bits per heavy atom. The molecule has 0 aromatic carbocycles. The Morgan fingerprint density at radius 2 is 2.03 bits per heavy atom. The minimum atomic E-state index is -4.75. The Hall–Kier alpha value is -2.95. The van der Waals surface area contributed by atoms with Crippen LogP contribution in [0.2, 0.25) is 0 Å². The Labute approximate surface area is 176 Å². The van der Waals surface area contributed by atoms with Gasteiger partial charge < -0.3 is 15.8 Å². The quantitative estimate of drug-likeness (QED) is 0.721. The molecule has 11 heteroatoms. The van der Waals surface area contributed by atoms with Crippen LogP contribution < -0.4 is 11.1 Å². The number of hydrogen-bond acceptors (Lipinski definition) is 5. The van der Waals surface area contributed by atoms with E-state index in [1.54, 1.807) is 0 Å². The first-order valence-electron chi connectivity index (χ1n) is 10.0. The number of alkyl halides is 3. The molecule has 0 spiro atoms. The highest BCUT2D eigenvalue weighted by Crippen LogP contribution is 2.46. The zero-order valence-electron chi connectivity index (χ0n) is 16.8. The lowest BCUT2D eigenvalue weighted by molar-refractivity contribution is -0.138. The maximum Gasteiger partial charge on any atom is 0.420 e. The molecule has 3 N–H and O–H groups in total. The molecule has 2 aromatic heterocycles. The smallest absolute Gasteiger partial charge is 0.373 e. The van der Waals surface area contributed by atoms with Crippen molar-refractivity contribution in [3.63, 3.8) is 0 Å². The summed E-state index contributed by atoms with van der Waals surface area (Å²) < 4.78 is 48.9. The molecular formula is C20H22F3N5O3. The standard InChI is InChI=1S/C20H22F3N5O3/c1-10-2-5-13(31-10)9-28-17(15(20(21,22)23)16(27-28)11-3-4-11)19(30)26-12-6-7-25-14(8-12)18(24)29/h6-8,10-11,13H,2-5,9H2,1H3,(H2,24,29)(H,25,26,30)/t10-,13?/m0/s1. The van der Waals surface area contributed by atoms with Crippen LogP contribution in [0.15, 0.2) is 18.3 Å². The predicted octanol–water partition coefficient (Wildman–Crippen LogP) is 3.09. The Balaban J connectivity index is 1.72. The Bertz CT molecular complexity index is 1020. The normalized spacial score (nSPS) is 21.3. The molecule has 2 atom stereocenters. The first-order valence-corrected chi connectivity index (χ1v) is 10.0. The van der Waals surface area contributed by atoms with Crippen molar-refractivity contribution in [2.45, 2.75) is 63.5 Å². The molecule has 2 amide bonds. The summed E-state index contributed by atoms with van der Waals surface area (Å²) in [6.45, 7) is 1.94. The SMILES string of the molecule is C[C@H]1CCC(Cn2nc(C3CC3)c(C(F)(F)F)c2C(=O)Nc2ccnc(C(N)=O)c2)O1. The molecule has 1 unspecified atom stereocenters. The monoisotopic (exact) mass is 437 g/mol. The number of carbonyl (C=O) groups is 2. The van der Waals surface area contributed by atoms with E-state index in [2.05, 4.69) is 15.4 Å². The summed E-state index contributed by atoms with van der Waals surface area (Å²) in [5.41, 5.74) is 3.50. The molecule has 1 saturated carbocycles. The van der Waals surface area contributed by atoms with Gasteiger partial charge in [0.1, 0.15) is 17.0 Å². The van der Waals surface area contributed by atoms with Gasteiger partial charge >= 0.3 is 6.18 Å². The molecule has 2 fully saturated rings. The number of hydrogen-bond donors (Lipinski definition) is 2. The fourth-order valence-corrected chi connectivity index (χ4v) is 3.81. The Morgan fingerprint density at radius 1 is 1.29 bits per heavy atom. The van der Waals surface area contributed by atoms with Crippen molar-refractivity contribution < 1.29 is 27.5 Å². The van der Waals surface area contributed by atoms with Gasteiger partial charge in [0, 0.05) is 17.8 Å². The summed E-state index contributed by atoms with van der Waals surface area (Å²) in [4.78, 5) is 28.1. The minimum Gasteiger partial charge on any atom is -0.373 e. The van der Waals surface area contributed by atoms with Crippen LogP contribution in [0.25, 0.3) is 0 Å². The average molecular weight is 437 g/mol. The molecule has 8 nitrogen and oxygen atoms in total. The van der Waals surface area contributed by atoms with E-state index in [0.29, 0.717) is 19.3 Å². The fourth-order valence-electron chi connectivity index (χ4n) is 3.81. The molecule has 3 heterocycles. The number of primary amides is 1. The number of ether oxygens (including phenoxy) is 1. The second-order valence-corrected chi connectivity index (χ2v) is 7.96. The van der Waals surface area contributed by atoms with Crippen molar-refractivity contribution in [2.75, 3.05) is 5.32 Å². The number of aromatic nitrogens is 3. The third-order valence-corrected chi connectivity index (χ3v) is 5.41. The number of anilines is 1. The number of amides is 2. The summed E-state index contributed by atoms with van der Waals surface area (Å²) in [6.07, 6.45) is -1.15. The van der Waals surface area contributed by atoms with E-state index >= 15 is 0 Å². The van der Waals surface area contributed by atoms with Crippen molar-refractivity contribution in [1.29, 1.82) is 0 Å². The van der Waals surface area contributed by atoms with E-state index in [1.165, 1.54) is 18.3 Å². The van der Waals surface area contributed by atoms with Crippen molar-refractivity contribution in [3.05, 3.63) is 41.0 Å². The van der Waals surface area contributed by atoms with Gasteiger partial charge in [-0.05, 0) is 44.7 Å². The average Bonchev–Trinajstić information content (AvgIpc) is 3.34. The molecule has 0 radical (unpaired) electrons. The molecule has 1 aliphatic carbocycles. The highest BCUT2D eigenvalue weighted by atomic mass is 19.4. The van der Waals surface area contributed by atoms with E-state index < -0.39 is 29.2 Å². The summed E-state index contributed by atoms with van der Waals surface area (Å²) in [5, 5.41) is 6.63. The van der Waals surface area contributed by atoms with E-state index in [1.807, 2.05) is 6.92 Å². The molecule has 166 valence electrons. The summed E-state index contributed by atoms with van der Waals surface area (Å²) in [5.74, 6) is -2.10. The number of carbonyl (C=O) groups excluding carboxylic acids is 2. The number of rotatable bonds is 6. The lowest BCUT2D eigenvalue weighted by atomic mass is 10.1. The zero-order valence-corrected chi connectivity index (χ0v) is 16.8. The summed E-state index contributed by atoms with van der Waals surface area (Å²) in [7, 11) is 0. The van der Waals surface area contributed by atoms with Crippen LogP contribution in [-0.2, 0) is 17.5 Å². The Kier molecular flexibility index (Phi) is 5.46. The number of nitrogens with two attached hydrogens (primary N) is 1. The highest BCUT2D eigenvalue weighted by Gasteiger charge is 2.46. The van der Waals surface area contributed by atoms with Crippen molar-refractivity contribution in [2.24, 2.45) is 5.73 Å². The molecule has 4 rings (SSSR count). The molecular weight excluding hydrogens is 415 g/mol. The van der Waals surface area contributed by atoms with Crippen LogP contribution >= 0.6 is 0 Å². The van der Waals surface area contributed by atoms with Crippen LogP contribution in [0.5, 0.6) is 0 Å². The number of nitrogens with one attached hydrogen (secondary N) is 1. The lowest BCUT2D eigenvalue weighted by Crippen LogP contribution is -2.26. The molecule has 2 aromatic rings. The number of halogens is 3. The van der Waals surface area contributed by atoms with Gasteiger partial charge in [0.2, 0.25) is 0 Å². The van der Waals surface area contributed by atoms with E-state index in [4.69, 9.17) is 10.5 Å². The van der Waals surface area contributed by atoms with Gasteiger partial charge in [-0.25, -0.2) is 0 Å². The molecule has 1 aliphatic heterocycles. The molecule has 2 aliphatic rings. The van der Waals surface area contributed by atoms with Gasteiger partial charge in [0.25, 0.3) is 11.8 Å². The van der Waals surface area contributed by atoms with E-state index in [-0.39, 0.29) is 41.7 Å². The predicted molar refractivity (Wildman–Crippen MR) is 103 cm³/mol. The van der Waals surface area contributed by atoms with Crippen LogP contribution in [0.3, 0.4) is 0 Å². The van der Waals surface area contributed by atoms with Crippen LogP contribution in [0, 0.1) is 0 Å². The number of nitrogens with zero attached hydrogens (tertiary/aromatic N) is 3.